The Morgan fingerprint density at radius 3 is 0.889 bits per heavy atom. The first-order chi connectivity index (χ1) is 25.9. The van der Waals surface area contributed by atoms with Crippen molar-refractivity contribution in [2.75, 3.05) is 6.16 Å². The summed E-state index contributed by atoms with van der Waals surface area (Å²) in [7, 11) is -2.40. The minimum Gasteiger partial charge on any atom is -0.314 e. The van der Waals surface area contributed by atoms with Crippen LogP contribution in [0.25, 0.3) is 11.1 Å². The predicted octanol–water partition coefficient (Wildman–Crippen LogP) is 13.9. The van der Waals surface area contributed by atoms with Crippen molar-refractivity contribution in [3.8, 4) is 11.1 Å². The highest BCUT2D eigenvalue weighted by molar-refractivity contribution is 7.78. The van der Waals surface area contributed by atoms with Crippen LogP contribution in [0, 0.1) is 55.4 Å². The van der Waals surface area contributed by atoms with Crippen LogP contribution < -0.4 is 10.6 Å². The second kappa shape index (κ2) is 22.8. The van der Waals surface area contributed by atoms with Gasteiger partial charge in [-0.2, -0.15) is 0 Å². The van der Waals surface area contributed by atoms with Crippen LogP contribution in [0.15, 0.2) is 182 Å². The molecule has 0 aliphatic rings. The standard InChI is InChI=1S/C14H15OP.C14H14.3C8H10/c1-2-16(15,13-9-5-3-6-10-13)14-11-7-4-8-12-14;1-11-3-7-13(8-4-11)14-9-5-12(2)6-10-14;1-7-3-5-8(2)6-4-7;1-7-4-3-5-8(2)6-7;1-7-5-3-4-6-8(7)2/h3-12H,2H2,1H3;3-10H,1-2H3;3*3-6H,1-2H3. The lowest BCUT2D eigenvalue weighted by molar-refractivity contribution is 0.587. The van der Waals surface area contributed by atoms with Crippen LogP contribution in [0.4, 0.5) is 0 Å². The van der Waals surface area contributed by atoms with Gasteiger partial charge in [-0.05, 0) is 77.6 Å². The summed E-state index contributed by atoms with van der Waals surface area (Å²) in [4.78, 5) is 0. The minimum absolute atomic E-state index is 0.668. The average molecular weight is 731 g/mol. The molecule has 54 heavy (non-hydrogen) atoms. The maximum Gasteiger partial charge on any atom is 0.142 e. The first-order valence-electron chi connectivity index (χ1n) is 18.8. The summed E-state index contributed by atoms with van der Waals surface area (Å²) in [5, 5.41) is 1.90. The Bertz CT molecular complexity index is 1970. The molecule has 7 aromatic carbocycles. The Labute approximate surface area is 327 Å². The molecule has 0 saturated heterocycles. The fraction of sp³-hybridized carbons (Fsp3) is 0.192. The van der Waals surface area contributed by atoms with Crippen LogP contribution in [0.3, 0.4) is 0 Å². The molecule has 0 radical (unpaired) electrons. The van der Waals surface area contributed by atoms with Gasteiger partial charge in [0.25, 0.3) is 0 Å². The molecule has 2 heteroatoms. The van der Waals surface area contributed by atoms with E-state index in [0.29, 0.717) is 6.16 Å². The highest BCUT2D eigenvalue weighted by Gasteiger charge is 2.24. The van der Waals surface area contributed by atoms with E-state index in [9.17, 15) is 4.57 Å². The molecule has 0 bridgehead atoms. The van der Waals surface area contributed by atoms with Crippen LogP contribution in [0.2, 0.25) is 0 Å². The maximum atomic E-state index is 13.0. The van der Waals surface area contributed by atoms with E-state index in [1.165, 1.54) is 55.6 Å². The topological polar surface area (TPSA) is 17.1 Å². The summed E-state index contributed by atoms with van der Waals surface area (Å²) >= 11 is 0. The van der Waals surface area contributed by atoms with Gasteiger partial charge in [-0.1, -0.05) is 222 Å². The van der Waals surface area contributed by atoms with Crippen LogP contribution in [-0.2, 0) is 4.57 Å². The predicted molar refractivity (Wildman–Crippen MR) is 239 cm³/mol. The van der Waals surface area contributed by atoms with E-state index in [1.54, 1.807) is 0 Å². The molecular formula is C52H59OP. The molecule has 0 aromatic heterocycles. The number of aryl methyl sites for hydroxylation is 8. The minimum atomic E-state index is -2.40. The molecule has 0 atom stereocenters. The van der Waals surface area contributed by atoms with E-state index >= 15 is 0 Å². The molecule has 0 aliphatic carbocycles. The van der Waals surface area contributed by atoms with E-state index in [2.05, 4.69) is 177 Å². The molecule has 0 heterocycles. The lowest BCUT2D eigenvalue weighted by Gasteiger charge is -2.16. The van der Waals surface area contributed by atoms with E-state index in [0.717, 1.165) is 10.6 Å². The third kappa shape index (κ3) is 15.0. The van der Waals surface area contributed by atoms with E-state index in [4.69, 9.17) is 0 Å². The molecule has 0 unspecified atom stereocenters. The molecule has 1 nitrogen and oxygen atoms in total. The molecule has 0 spiro atoms. The lowest BCUT2D eigenvalue weighted by Crippen LogP contribution is -2.17. The van der Waals surface area contributed by atoms with Crippen LogP contribution in [-0.4, -0.2) is 6.16 Å². The molecule has 7 rings (SSSR count). The fourth-order valence-electron chi connectivity index (χ4n) is 5.45. The summed E-state index contributed by atoms with van der Waals surface area (Å²) < 4.78 is 13.0. The average Bonchev–Trinajstić information content (AvgIpc) is 3.19. The van der Waals surface area contributed by atoms with Crippen molar-refractivity contribution < 1.29 is 4.57 Å². The van der Waals surface area contributed by atoms with Crippen molar-refractivity contribution in [3.63, 3.8) is 0 Å². The Morgan fingerprint density at radius 1 is 0.333 bits per heavy atom. The van der Waals surface area contributed by atoms with Gasteiger partial charge in [0.2, 0.25) is 0 Å². The van der Waals surface area contributed by atoms with Crippen LogP contribution in [0.5, 0.6) is 0 Å². The summed E-state index contributed by atoms with van der Waals surface area (Å²) in [5.41, 5.74) is 13.3. The number of rotatable bonds is 4. The van der Waals surface area contributed by atoms with E-state index in [1.807, 2.05) is 67.6 Å². The normalized spacial score (nSPS) is 10.1. The van der Waals surface area contributed by atoms with Crippen molar-refractivity contribution in [1.82, 2.24) is 0 Å². The largest absolute Gasteiger partial charge is 0.314 e. The molecule has 7 aromatic rings. The van der Waals surface area contributed by atoms with Crippen molar-refractivity contribution in [2.24, 2.45) is 0 Å². The Kier molecular flexibility index (Phi) is 18.2. The first kappa shape index (κ1) is 43.2. The third-order valence-electron chi connectivity index (χ3n) is 9.05. The quantitative estimate of drug-likeness (QED) is 0.165. The lowest BCUT2D eigenvalue weighted by atomic mass is 10.0. The summed E-state index contributed by atoms with van der Waals surface area (Å²) in [6, 6.07) is 62.1. The van der Waals surface area contributed by atoms with Crippen molar-refractivity contribution in [2.45, 2.75) is 62.3 Å². The number of benzene rings is 7. The fourth-order valence-corrected chi connectivity index (χ4v) is 7.79. The van der Waals surface area contributed by atoms with Crippen molar-refractivity contribution >= 4 is 17.8 Å². The Balaban J connectivity index is 0.000000188. The van der Waals surface area contributed by atoms with Gasteiger partial charge >= 0.3 is 0 Å². The van der Waals surface area contributed by atoms with Gasteiger partial charge in [-0.15, -0.1) is 0 Å². The second-order valence-electron chi connectivity index (χ2n) is 13.9. The van der Waals surface area contributed by atoms with Crippen molar-refractivity contribution in [1.29, 1.82) is 0 Å². The highest BCUT2D eigenvalue weighted by atomic mass is 31.2. The number of hydrogen-bond acceptors (Lipinski definition) is 1. The van der Waals surface area contributed by atoms with Gasteiger partial charge in [-0.3, -0.25) is 0 Å². The third-order valence-corrected chi connectivity index (χ3v) is 12.2. The van der Waals surface area contributed by atoms with Crippen LogP contribution in [0.1, 0.15) is 51.4 Å². The highest BCUT2D eigenvalue weighted by Crippen LogP contribution is 2.42. The second-order valence-corrected chi connectivity index (χ2v) is 17.0. The maximum absolute atomic E-state index is 13.0. The van der Waals surface area contributed by atoms with E-state index in [-0.39, 0.29) is 0 Å². The van der Waals surface area contributed by atoms with Gasteiger partial charge in [0.15, 0.2) is 0 Å². The Morgan fingerprint density at radius 2 is 0.630 bits per heavy atom. The first-order valence-corrected chi connectivity index (χ1v) is 20.7. The molecule has 0 amide bonds. The van der Waals surface area contributed by atoms with Gasteiger partial charge < -0.3 is 4.57 Å². The van der Waals surface area contributed by atoms with Gasteiger partial charge in [0, 0.05) is 16.8 Å². The van der Waals surface area contributed by atoms with Crippen LogP contribution >= 0.6 is 7.14 Å². The number of hydrogen-bond donors (Lipinski definition) is 0. The summed E-state index contributed by atoms with van der Waals surface area (Å²) in [5.74, 6) is 0. The van der Waals surface area contributed by atoms with Gasteiger partial charge in [0.05, 0.1) is 0 Å². The molecule has 278 valence electrons. The molecule has 0 saturated carbocycles. The van der Waals surface area contributed by atoms with E-state index < -0.39 is 7.14 Å². The zero-order valence-electron chi connectivity index (χ0n) is 33.9. The molecular weight excluding hydrogens is 672 g/mol. The van der Waals surface area contributed by atoms with Crippen molar-refractivity contribution in [3.05, 3.63) is 226 Å². The summed E-state index contributed by atoms with van der Waals surface area (Å²) in [6.45, 7) is 18.8. The zero-order chi connectivity index (χ0) is 39.3. The molecule has 0 aliphatic heterocycles. The smallest absolute Gasteiger partial charge is 0.142 e. The molecule has 0 N–H and O–H groups in total. The molecule has 0 fully saturated rings. The van der Waals surface area contributed by atoms with Gasteiger partial charge in [0.1, 0.15) is 7.14 Å². The summed E-state index contributed by atoms with van der Waals surface area (Å²) in [6.07, 6.45) is 0.668. The Hall–Kier alpha value is -5.23. The monoisotopic (exact) mass is 730 g/mol. The zero-order valence-corrected chi connectivity index (χ0v) is 34.8. The van der Waals surface area contributed by atoms with Gasteiger partial charge in [-0.25, -0.2) is 0 Å². The SMILES string of the molecule is CCP(=O)(c1ccccc1)c1ccccc1.Cc1ccc(-c2ccc(C)cc2)cc1.Cc1ccc(C)cc1.Cc1cccc(C)c1.Cc1ccccc1C.